The summed E-state index contributed by atoms with van der Waals surface area (Å²) < 4.78 is 5.68. The van der Waals surface area contributed by atoms with E-state index in [-0.39, 0.29) is 5.69 Å². The second-order valence-corrected chi connectivity index (χ2v) is 4.39. The van der Waals surface area contributed by atoms with Crippen LogP contribution in [0.4, 0.5) is 11.4 Å². The summed E-state index contributed by atoms with van der Waals surface area (Å²) in [7, 11) is 0. The molecule has 0 amide bonds. The van der Waals surface area contributed by atoms with Gasteiger partial charge in [-0.25, -0.2) is 0 Å². The van der Waals surface area contributed by atoms with Crippen LogP contribution in [0.25, 0.3) is 0 Å². The second kappa shape index (κ2) is 4.97. The summed E-state index contributed by atoms with van der Waals surface area (Å²) in [5, 5.41) is 10.8. The summed E-state index contributed by atoms with van der Waals surface area (Å²) in [6.07, 6.45) is 0. The van der Waals surface area contributed by atoms with E-state index < -0.39 is 4.92 Å². The van der Waals surface area contributed by atoms with Crippen LogP contribution in [0, 0.1) is 24.0 Å². The number of ether oxygens (including phenoxy) is 1. The lowest BCUT2D eigenvalue weighted by atomic mass is 10.2. The molecule has 0 spiro atoms. The second-order valence-electron chi connectivity index (χ2n) is 4.39. The van der Waals surface area contributed by atoms with Crippen LogP contribution in [0.2, 0.25) is 0 Å². The van der Waals surface area contributed by atoms with Crippen LogP contribution in [0.3, 0.4) is 0 Å². The Labute approximate surface area is 110 Å². The maximum Gasteiger partial charge on any atom is 0.273 e. The first-order chi connectivity index (χ1) is 8.95. The van der Waals surface area contributed by atoms with Crippen molar-refractivity contribution in [1.82, 2.24) is 0 Å². The van der Waals surface area contributed by atoms with Crippen LogP contribution in [0.5, 0.6) is 11.5 Å². The van der Waals surface area contributed by atoms with Crippen LogP contribution in [-0.2, 0) is 0 Å². The van der Waals surface area contributed by atoms with Gasteiger partial charge < -0.3 is 10.5 Å². The number of aryl methyl sites for hydroxylation is 2. The smallest absolute Gasteiger partial charge is 0.273 e. The first-order valence-electron chi connectivity index (χ1n) is 5.76. The van der Waals surface area contributed by atoms with Crippen molar-refractivity contribution in [2.75, 3.05) is 5.73 Å². The molecule has 2 rings (SSSR count). The Balaban J connectivity index is 2.35. The molecule has 5 heteroatoms. The van der Waals surface area contributed by atoms with Gasteiger partial charge in [-0.3, -0.25) is 10.1 Å². The zero-order valence-corrected chi connectivity index (χ0v) is 10.7. The van der Waals surface area contributed by atoms with Gasteiger partial charge in [-0.15, -0.1) is 0 Å². The molecule has 0 aliphatic rings. The van der Waals surface area contributed by atoms with E-state index in [2.05, 4.69) is 0 Å². The third kappa shape index (κ3) is 3.01. The van der Waals surface area contributed by atoms with Crippen LogP contribution in [0.15, 0.2) is 36.4 Å². The molecular formula is C14H14N2O3. The molecule has 0 atom stereocenters. The lowest BCUT2D eigenvalue weighted by molar-refractivity contribution is -0.385. The number of benzene rings is 2. The number of nitrogens with zero attached hydrogens (tertiary/aromatic N) is 1. The summed E-state index contributed by atoms with van der Waals surface area (Å²) in [6, 6.07) is 9.93. The number of nitrogens with two attached hydrogens (primary N) is 1. The minimum Gasteiger partial charge on any atom is -0.457 e. The van der Waals surface area contributed by atoms with Gasteiger partial charge >= 0.3 is 0 Å². The zero-order valence-electron chi connectivity index (χ0n) is 10.7. The van der Waals surface area contributed by atoms with E-state index in [1.54, 1.807) is 31.2 Å². The Morgan fingerprint density at radius 1 is 1.16 bits per heavy atom. The van der Waals surface area contributed by atoms with Gasteiger partial charge in [-0.05, 0) is 49.2 Å². The van der Waals surface area contributed by atoms with E-state index in [4.69, 9.17) is 10.5 Å². The molecule has 0 aliphatic carbocycles. The molecule has 2 N–H and O–H groups in total. The van der Waals surface area contributed by atoms with Gasteiger partial charge in [0.05, 0.1) is 11.0 Å². The minimum absolute atomic E-state index is 0.0168. The molecule has 0 fully saturated rings. The number of rotatable bonds is 3. The van der Waals surface area contributed by atoms with Crippen molar-refractivity contribution in [2.45, 2.75) is 13.8 Å². The molecule has 0 aromatic heterocycles. The molecule has 0 aliphatic heterocycles. The Kier molecular flexibility index (Phi) is 3.37. The van der Waals surface area contributed by atoms with E-state index in [1.807, 2.05) is 6.92 Å². The lowest BCUT2D eigenvalue weighted by Gasteiger charge is -2.09. The standard InChI is InChI=1S/C14H14N2O3/c1-9-5-12(16(17)18)8-13(6-9)19-14-4-3-11(15)7-10(14)2/h3-8H,15H2,1-2H3. The normalized spacial score (nSPS) is 10.2. The fourth-order valence-electron chi connectivity index (χ4n) is 1.81. The molecule has 0 unspecified atom stereocenters. The average Bonchev–Trinajstić information content (AvgIpc) is 2.32. The summed E-state index contributed by atoms with van der Waals surface area (Å²) in [4.78, 5) is 10.4. The highest BCUT2D eigenvalue weighted by Crippen LogP contribution is 2.29. The van der Waals surface area contributed by atoms with Crippen LogP contribution < -0.4 is 10.5 Å². The van der Waals surface area contributed by atoms with Crippen molar-refractivity contribution < 1.29 is 9.66 Å². The van der Waals surface area contributed by atoms with Crippen LogP contribution in [0.1, 0.15) is 11.1 Å². The van der Waals surface area contributed by atoms with Crippen molar-refractivity contribution in [3.05, 3.63) is 57.6 Å². The molecule has 19 heavy (non-hydrogen) atoms. The number of nitrogen functional groups attached to an aromatic ring is 1. The molecule has 98 valence electrons. The number of hydrogen-bond donors (Lipinski definition) is 1. The highest BCUT2D eigenvalue weighted by Gasteiger charge is 2.10. The van der Waals surface area contributed by atoms with Crippen LogP contribution in [-0.4, -0.2) is 4.92 Å². The van der Waals surface area contributed by atoms with Crippen molar-refractivity contribution in [1.29, 1.82) is 0 Å². The zero-order chi connectivity index (χ0) is 14.0. The summed E-state index contributed by atoms with van der Waals surface area (Å²) in [5.74, 6) is 1.08. The maximum absolute atomic E-state index is 10.8. The highest BCUT2D eigenvalue weighted by atomic mass is 16.6. The molecule has 0 bridgehead atoms. The predicted molar refractivity (Wildman–Crippen MR) is 73.5 cm³/mol. The quantitative estimate of drug-likeness (QED) is 0.518. The molecule has 2 aromatic carbocycles. The Morgan fingerprint density at radius 2 is 1.89 bits per heavy atom. The average molecular weight is 258 g/mol. The fraction of sp³-hybridized carbons (Fsp3) is 0.143. The molecule has 5 nitrogen and oxygen atoms in total. The van der Waals surface area contributed by atoms with E-state index in [0.717, 1.165) is 11.1 Å². The van der Waals surface area contributed by atoms with Gasteiger partial charge in [-0.1, -0.05) is 0 Å². The highest BCUT2D eigenvalue weighted by molar-refractivity contribution is 5.50. The third-order valence-corrected chi connectivity index (χ3v) is 2.67. The van der Waals surface area contributed by atoms with Gasteiger partial charge in [0.2, 0.25) is 0 Å². The fourth-order valence-corrected chi connectivity index (χ4v) is 1.81. The van der Waals surface area contributed by atoms with Crippen molar-refractivity contribution in [2.24, 2.45) is 0 Å². The topological polar surface area (TPSA) is 78.4 Å². The maximum atomic E-state index is 10.8. The number of non-ortho nitro benzene ring substituents is 1. The Hall–Kier alpha value is -2.56. The SMILES string of the molecule is Cc1cc(Oc2ccc(N)cc2C)cc([N+](=O)[O-])c1. The van der Waals surface area contributed by atoms with Gasteiger partial charge in [0.1, 0.15) is 11.5 Å². The number of anilines is 1. The van der Waals surface area contributed by atoms with Crippen molar-refractivity contribution in [3.63, 3.8) is 0 Å². The first-order valence-corrected chi connectivity index (χ1v) is 5.76. The molecule has 2 aromatic rings. The van der Waals surface area contributed by atoms with Crippen molar-refractivity contribution >= 4 is 11.4 Å². The molecule has 0 saturated heterocycles. The van der Waals surface area contributed by atoms with Gasteiger partial charge in [0.15, 0.2) is 0 Å². The molecule has 0 radical (unpaired) electrons. The van der Waals surface area contributed by atoms with Gasteiger partial charge in [0, 0.05) is 11.8 Å². The summed E-state index contributed by atoms with van der Waals surface area (Å²) >= 11 is 0. The summed E-state index contributed by atoms with van der Waals surface area (Å²) in [6.45, 7) is 3.66. The van der Waals surface area contributed by atoms with E-state index in [9.17, 15) is 10.1 Å². The molecule has 0 heterocycles. The Morgan fingerprint density at radius 3 is 2.53 bits per heavy atom. The van der Waals surface area contributed by atoms with Gasteiger partial charge in [-0.2, -0.15) is 0 Å². The third-order valence-electron chi connectivity index (χ3n) is 2.67. The Bertz CT molecular complexity index is 639. The number of hydrogen-bond acceptors (Lipinski definition) is 4. The number of nitro groups is 1. The van der Waals surface area contributed by atoms with E-state index in [1.165, 1.54) is 12.1 Å². The predicted octanol–water partition coefficient (Wildman–Crippen LogP) is 3.59. The van der Waals surface area contributed by atoms with E-state index >= 15 is 0 Å². The molecular weight excluding hydrogens is 244 g/mol. The largest absolute Gasteiger partial charge is 0.457 e. The monoisotopic (exact) mass is 258 g/mol. The van der Waals surface area contributed by atoms with Gasteiger partial charge in [0.25, 0.3) is 5.69 Å². The lowest BCUT2D eigenvalue weighted by Crippen LogP contribution is -1.93. The first kappa shape index (κ1) is 12.9. The van der Waals surface area contributed by atoms with E-state index in [0.29, 0.717) is 17.2 Å². The van der Waals surface area contributed by atoms with Crippen LogP contribution >= 0.6 is 0 Å². The number of nitro benzene ring substituents is 1. The summed E-state index contributed by atoms with van der Waals surface area (Å²) in [5.41, 5.74) is 7.99. The van der Waals surface area contributed by atoms with Crippen molar-refractivity contribution in [3.8, 4) is 11.5 Å². The molecule has 0 saturated carbocycles. The minimum atomic E-state index is -0.435.